The summed E-state index contributed by atoms with van der Waals surface area (Å²) in [5, 5.41) is 0. The van der Waals surface area contributed by atoms with Crippen molar-refractivity contribution in [2.24, 2.45) is 0 Å². The third-order valence-corrected chi connectivity index (χ3v) is 4.13. The van der Waals surface area contributed by atoms with Crippen molar-refractivity contribution in [1.29, 1.82) is 0 Å². The van der Waals surface area contributed by atoms with Crippen LogP contribution in [0.25, 0.3) is 22.4 Å². The van der Waals surface area contributed by atoms with Crippen molar-refractivity contribution in [1.82, 2.24) is 9.55 Å². The molecule has 0 bridgehead atoms. The largest absolute Gasteiger partial charge is 0.399 e. The summed E-state index contributed by atoms with van der Waals surface area (Å²) in [5.41, 5.74) is 11.4. The minimum Gasteiger partial charge on any atom is -0.399 e. The quantitative estimate of drug-likeness (QED) is 0.696. The Balaban J connectivity index is 2.15. The van der Waals surface area contributed by atoms with Gasteiger partial charge in [-0.25, -0.2) is 4.98 Å². The van der Waals surface area contributed by atoms with Gasteiger partial charge in [-0.3, -0.25) is 0 Å². The zero-order valence-corrected chi connectivity index (χ0v) is 13.3. The van der Waals surface area contributed by atoms with Gasteiger partial charge in [0.05, 0.1) is 11.0 Å². The summed E-state index contributed by atoms with van der Waals surface area (Å²) in [5.74, 6) is 1.04. The number of hydrogen-bond donors (Lipinski definition) is 1. The van der Waals surface area contributed by atoms with Crippen LogP contribution in [0.5, 0.6) is 0 Å². The van der Waals surface area contributed by atoms with Crippen molar-refractivity contribution in [2.45, 2.75) is 39.7 Å². The molecule has 2 N–H and O–H groups in total. The molecule has 1 heterocycles. The van der Waals surface area contributed by atoms with E-state index in [0.29, 0.717) is 0 Å². The molecule has 0 aliphatic carbocycles. The molecule has 0 amide bonds. The Hall–Kier alpha value is -2.29. The lowest BCUT2D eigenvalue weighted by Gasteiger charge is -2.09. The van der Waals surface area contributed by atoms with Gasteiger partial charge in [-0.1, -0.05) is 26.3 Å². The van der Waals surface area contributed by atoms with E-state index in [1.165, 1.54) is 17.5 Å². The van der Waals surface area contributed by atoms with Gasteiger partial charge < -0.3 is 10.3 Å². The van der Waals surface area contributed by atoms with Crippen LogP contribution in [0.1, 0.15) is 32.3 Å². The first-order chi connectivity index (χ1) is 10.7. The normalized spacial score (nSPS) is 11.2. The first-order valence-corrected chi connectivity index (χ1v) is 8.08. The number of aryl methyl sites for hydroxylation is 2. The number of aromatic nitrogens is 2. The molecule has 1 aromatic heterocycles. The maximum absolute atomic E-state index is 5.81. The SMILES string of the molecule is CCCCn1c(-c2ccc(N)cc2)nc2cc(CC)ccc21. The van der Waals surface area contributed by atoms with Crippen molar-refractivity contribution >= 4 is 16.7 Å². The highest BCUT2D eigenvalue weighted by atomic mass is 15.1. The Morgan fingerprint density at radius 2 is 1.82 bits per heavy atom. The predicted octanol–water partition coefficient (Wildman–Crippen LogP) is 4.65. The second-order valence-electron chi connectivity index (χ2n) is 5.74. The van der Waals surface area contributed by atoms with E-state index in [2.05, 4.69) is 48.7 Å². The van der Waals surface area contributed by atoms with E-state index in [1.54, 1.807) is 0 Å². The summed E-state index contributed by atoms with van der Waals surface area (Å²) in [6.07, 6.45) is 3.37. The Morgan fingerprint density at radius 3 is 2.50 bits per heavy atom. The van der Waals surface area contributed by atoms with Crippen LogP contribution >= 0.6 is 0 Å². The van der Waals surface area contributed by atoms with E-state index in [4.69, 9.17) is 10.7 Å². The van der Waals surface area contributed by atoms with E-state index in [-0.39, 0.29) is 0 Å². The average Bonchev–Trinajstić information content (AvgIpc) is 2.91. The Bertz CT molecular complexity index is 769. The first-order valence-electron chi connectivity index (χ1n) is 8.08. The van der Waals surface area contributed by atoms with Gasteiger partial charge in [0.15, 0.2) is 0 Å². The van der Waals surface area contributed by atoms with Crippen LogP contribution in [0.15, 0.2) is 42.5 Å². The highest BCUT2D eigenvalue weighted by molar-refractivity contribution is 5.81. The summed E-state index contributed by atoms with van der Waals surface area (Å²) in [6, 6.07) is 14.6. The monoisotopic (exact) mass is 293 g/mol. The van der Waals surface area contributed by atoms with Crippen LogP contribution in [0.2, 0.25) is 0 Å². The Morgan fingerprint density at radius 1 is 1.05 bits per heavy atom. The van der Waals surface area contributed by atoms with Crippen LogP contribution in [0.4, 0.5) is 5.69 Å². The molecule has 0 saturated carbocycles. The summed E-state index contributed by atoms with van der Waals surface area (Å²) in [7, 11) is 0. The van der Waals surface area contributed by atoms with Crippen molar-refractivity contribution in [3.63, 3.8) is 0 Å². The van der Waals surface area contributed by atoms with E-state index < -0.39 is 0 Å². The highest BCUT2D eigenvalue weighted by Gasteiger charge is 2.12. The number of nitrogens with zero attached hydrogens (tertiary/aromatic N) is 2. The third-order valence-electron chi connectivity index (χ3n) is 4.13. The van der Waals surface area contributed by atoms with Gasteiger partial charge in [0, 0.05) is 17.8 Å². The number of fused-ring (bicyclic) bond motifs is 1. The summed E-state index contributed by atoms with van der Waals surface area (Å²) in [4.78, 5) is 4.90. The number of benzene rings is 2. The zero-order chi connectivity index (χ0) is 15.5. The molecule has 0 aliphatic heterocycles. The number of rotatable bonds is 5. The second kappa shape index (κ2) is 6.22. The number of nitrogens with two attached hydrogens (primary N) is 1. The molecule has 22 heavy (non-hydrogen) atoms. The van der Waals surface area contributed by atoms with Crippen LogP contribution in [-0.4, -0.2) is 9.55 Å². The molecule has 3 heteroatoms. The van der Waals surface area contributed by atoms with Crippen LogP contribution in [0, 0.1) is 0 Å². The lowest BCUT2D eigenvalue weighted by atomic mass is 10.1. The van der Waals surface area contributed by atoms with Crippen molar-refractivity contribution in [3.8, 4) is 11.4 Å². The second-order valence-corrected chi connectivity index (χ2v) is 5.74. The molecule has 0 spiro atoms. The highest BCUT2D eigenvalue weighted by Crippen LogP contribution is 2.27. The molecule has 114 valence electrons. The molecule has 3 nitrogen and oxygen atoms in total. The summed E-state index contributed by atoms with van der Waals surface area (Å²) < 4.78 is 2.34. The topological polar surface area (TPSA) is 43.8 Å². The van der Waals surface area contributed by atoms with Gasteiger partial charge in [-0.15, -0.1) is 0 Å². The van der Waals surface area contributed by atoms with Gasteiger partial charge in [0.25, 0.3) is 0 Å². The van der Waals surface area contributed by atoms with Crippen molar-refractivity contribution in [3.05, 3.63) is 48.0 Å². The van der Waals surface area contributed by atoms with Crippen LogP contribution < -0.4 is 5.73 Å². The lowest BCUT2D eigenvalue weighted by molar-refractivity contribution is 0.651. The molecule has 0 unspecified atom stereocenters. The number of nitrogen functional groups attached to an aromatic ring is 1. The number of imidazole rings is 1. The molecule has 0 radical (unpaired) electrons. The fourth-order valence-corrected chi connectivity index (χ4v) is 2.79. The van der Waals surface area contributed by atoms with Crippen molar-refractivity contribution < 1.29 is 0 Å². The zero-order valence-electron chi connectivity index (χ0n) is 13.3. The Kier molecular flexibility index (Phi) is 4.14. The minimum atomic E-state index is 0.785. The van der Waals surface area contributed by atoms with Gasteiger partial charge in [-0.2, -0.15) is 0 Å². The predicted molar refractivity (Wildman–Crippen MR) is 93.9 cm³/mol. The molecule has 3 aromatic rings. The summed E-state index contributed by atoms with van der Waals surface area (Å²) in [6.45, 7) is 5.39. The van der Waals surface area contributed by atoms with Crippen LogP contribution in [-0.2, 0) is 13.0 Å². The van der Waals surface area contributed by atoms with E-state index in [1.807, 2.05) is 12.1 Å². The molecule has 0 fully saturated rings. The van der Waals surface area contributed by atoms with E-state index in [0.717, 1.165) is 42.0 Å². The van der Waals surface area contributed by atoms with Gasteiger partial charge in [-0.05, 0) is 54.8 Å². The van der Waals surface area contributed by atoms with E-state index in [9.17, 15) is 0 Å². The van der Waals surface area contributed by atoms with Gasteiger partial charge >= 0.3 is 0 Å². The van der Waals surface area contributed by atoms with Gasteiger partial charge in [0.1, 0.15) is 5.82 Å². The molecule has 0 atom stereocenters. The number of hydrogen-bond acceptors (Lipinski definition) is 2. The average molecular weight is 293 g/mol. The molecular weight excluding hydrogens is 270 g/mol. The van der Waals surface area contributed by atoms with Gasteiger partial charge in [0.2, 0.25) is 0 Å². The molecule has 3 rings (SSSR count). The van der Waals surface area contributed by atoms with Crippen molar-refractivity contribution in [2.75, 3.05) is 5.73 Å². The fraction of sp³-hybridized carbons (Fsp3) is 0.316. The standard InChI is InChI=1S/C19H23N3/c1-3-5-12-22-18-11-6-14(4-2)13-17(18)21-19(22)15-7-9-16(20)10-8-15/h6-11,13H,3-5,12,20H2,1-2H3. The molecule has 2 aromatic carbocycles. The minimum absolute atomic E-state index is 0.785. The third kappa shape index (κ3) is 2.71. The molecular formula is C19H23N3. The summed E-state index contributed by atoms with van der Waals surface area (Å²) >= 11 is 0. The Labute approximate surface area is 131 Å². The number of unbranched alkanes of at least 4 members (excludes halogenated alkanes) is 1. The maximum atomic E-state index is 5.81. The lowest BCUT2D eigenvalue weighted by Crippen LogP contribution is -2.00. The maximum Gasteiger partial charge on any atom is 0.141 e. The number of anilines is 1. The van der Waals surface area contributed by atoms with Crippen LogP contribution in [0.3, 0.4) is 0 Å². The molecule has 0 saturated heterocycles. The first kappa shape index (κ1) is 14.6. The fourth-order valence-electron chi connectivity index (χ4n) is 2.79. The smallest absolute Gasteiger partial charge is 0.141 e. The molecule has 0 aliphatic rings. The van der Waals surface area contributed by atoms with E-state index >= 15 is 0 Å².